The van der Waals surface area contributed by atoms with Gasteiger partial charge in [0.1, 0.15) is 6.04 Å². The largest absolute Gasteiger partial charge is 0.350 e. The van der Waals surface area contributed by atoms with Gasteiger partial charge >= 0.3 is 0 Å². The molecular formula is C12H16N4O. The first-order valence-corrected chi connectivity index (χ1v) is 5.41. The van der Waals surface area contributed by atoms with E-state index in [-0.39, 0.29) is 5.91 Å². The predicted molar refractivity (Wildman–Crippen MR) is 67.0 cm³/mol. The highest BCUT2D eigenvalue weighted by Crippen LogP contribution is 2.24. The first-order chi connectivity index (χ1) is 8.15. The maximum absolute atomic E-state index is 11.7. The first kappa shape index (κ1) is 11.6. The van der Waals surface area contributed by atoms with Gasteiger partial charge in [-0.2, -0.15) is 0 Å². The standard InChI is InChI=1S/C12H16N4O/c1-14-15-12(17)11(13)9-7-16(2)10-6-4-3-5-8(9)10/h3-7,11,14H,13H2,1-2H3,(H,15,17). The number of hydrazine groups is 1. The minimum absolute atomic E-state index is 0.246. The van der Waals surface area contributed by atoms with Crippen LogP contribution in [0.4, 0.5) is 0 Å². The lowest BCUT2D eigenvalue weighted by molar-refractivity contribution is -0.123. The van der Waals surface area contributed by atoms with Crippen molar-refractivity contribution in [2.24, 2.45) is 12.8 Å². The lowest BCUT2D eigenvalue weighted by Crippen LogP contribution is -2.40. The summed E-state index contributed by atoms with van der Waals surface area (Å²) in [6.07, 6.45) is 1.89. The molecule has 0 saturated carbocycles. The molecule has 0 radical (unpaired) electrons. The Hall–Kier alpha value is -1.85. The average Bonchev–Trinajstić information content (AvgIpc) is 2.67. The third-order valence-electron chi connectivity index (χ3n) is 2.79. The quantitative estimate of drug-likeness (QED) is 0.672. The summed E-state index contributed by atoms with van der Waals surface area (Å²) in [4.78, 5) is 11.7. The number of nitrogens with zero attached hydrogens (tertiary/aromatic N) is 1. The third kappa shape index (κ3) is 2.02. The molecule has 1 unspecified atom stereocenters. The molecule has 0 aliphatic carbocycles. The molecule has 5 heteroatoms. The Morgan fingerprint density at radius 3 is 2.82 bits per heavy atom. The topological polar surface area (TPSA) is 72.1 Å². The molecule has 0 aliphatic heterocycles. The molecule has 5 nitrogen and oxygen atoms in total. The van der Waals surface area contributed by atoms with Crippen LogP contribution in [0.2, 0.25) is 0 Å². The number of aromatic nitrogens is 1. The Morgan fingerprint density at radius 2 is 2.12 bits per heavy atom. The van der Waals surface area contributed by atoms with Gasteiger partial charge in [-0.25, -0.2) is 5.43 Å². The Balaban J connectivity index is 2.45. The summed E-state index contributed by atoms with van der Waals surface area (Å²) in [6, 6.07) is 7.20. The van der Waals surface area contributed by atoms with E-state index in [0.29, 0.717) is 0 Å². The van der Waals surface area contributed by atoms with Gasteiger partial charge in [0.2, 0.25) is 0 Å². The van der Waals surface area contributed by atoms with Gasteiger partial charge < -0.3 is 10.3 Å². The fraction of sp³-hybridized carbons (Fsp3) is 0.250. The number of fused-ring (bicyclic) bond motifs is 1. The number of para-hydroxylation sites is 1. The number of amides is 1. The average molecular weight is 232 g/mol. The SMILES string of the molecule is CNNC(=O)C(N)c1cn(C)c2ccccc12. The number of carbonyl (C=O) groups is 1. The Labute approximate surface area is 99.6 Å². The van der Waals surface area contributed by atoms with Crippen LogP contribution in [0.3, 0.4) is 0 Å². The second kappa shape index (κ2) is 4.57. The van der Waals surface area contributed by atoms with Crippen molar-refractivity contribution >= 4 is 16.8 Å². The highest BCUT2D eigenvalue weighted by atomic mass is 16.2. The molecule has 0 bridgehead atoms. The van der Waals surface area contributed by atoms with Gasteiger partial charge in [0.05, 0.1) is 0 Å². The van der Waals surface area contributed by atoms with Crippen LogP contribution in [0.15, 0.2) is 30.5 Å². The van der Waals surface area contributed by atoms with Gasteiger partial charge in [0.25, 0.3) is 5.91 Å². The summed E-state index contributed by atoms with van der Waals surface area (Å²) >= 11 is 0. The van der Waals surface area contributed by atoms with Gasteiger partial charge in [0, 0.05) is 36.8 Å². The number of aryl methyl sites for hydroxylation is 1. The van der Waals surface area contributed by atoms with E-state index in [1.807, 2.05) is 42.1 Å². The van der Waals surface area contributed by atoms with E-state index in [9.17, 15) is 4.79 Å². The van der Waals surface area contributed by atoms with Crippen LogP contribution in [0.1, 0.15) is 11.6 Å². The Morgan fingerprint density at radius 1 is 1.41 bits per heavy atom. The molecule has 0 fully saturated rings. The Kier molecular flexibility index (Phi) is 3.12. The van der Waals surface area contributed by atoms with E-state index < -0.39 is 6.04 Å². The van der Waals surface area contributed by atoms with Crippen molar-refractivity contribution in [1.82, 2.24) is 15.4 Å². The molecule has 0 saturated heterocycles. The number of benzene rings is 1. The minimum Gasteiger partial charge on any atom is -0.350 e. The molecule has 0 aliphatic rings. The summed E-state index contributed by atoms with van der Waals surface area (Å²) in [5.74, 6) is -0.246. The van der Waals surface area contributed by atoms with Crippen molar-refractivity contribution in [2.45, 2.75) is 6.04 Å². The van der Waals surface area contributed by atoms with E-state index >= 15 is 0 Å². The number of nitrogens with one attached hydrogen (secondary N) is 2. The van der Waals surface area contributed by atoms with Crippen molar-refractivity contribution in [3.63, 3.8) is 0 Å². The molecule has 1 atom stereocenters. The fourth-order valence-corrected chi connectivity index (χ4v) is 1.96. The number of hydrogen-bond acceptors (Lipinski definition) is 3. The molecule has 1 heterocycles. The lowest BCUT2D eigenvalue weighted by atomic mass is 10.1. The van der Waals surface area contributed by atoms with Gasteiger partial charge in [-0.3, -0.25) is 10.2 Å². The molecule has 2 rings (SSSR count). The van der Waals surface area contributed by atoms with E-state index in [4.69, 9.17) is 5.73 Å². The molecule has 17 heavy (non-hydrogen) atoms. The molecule has 2 aromatic rings. The maximum atomic E-state index is 11.7. The summed E-state index contributed by atoms with van der Waals surface area (Å²) in [7, 11) is 3.57. The minimum atomic E-state index is -0.673. The van der Waals surface area contributed by atoms with Crippen LogP contribution < -0.4 is 16.6 Å². The van der Waals surface area contributed by atoms with Crippen molar-refractivity contribution in [2.75, 3.05) is 7.05 Å². The molecular weight excluding hydrogens is 216 g/mol. The zero-order chi connectivity index (χ0) is 12.4. The molecule has 4 N–H and O–H groups in total. The van der Waals surface area contributed by atoms with Gasteiger partial charge in [0.15, 0.2) is 0 Å². The zero-order valence-corrected chi connectivity index (χ0v) is 9.90. The van der Waals surface area contributed by atoms with Crippen molar-refractivity contribution in [3.05, 3.63) is 36.0 Å². The summed E-state index contributed by atoms with van der Waals surface area (Å²) in [6.45, 7) is 0. The first-order valence-electron chi connectivity index (χ1n) is 5.41. The summed E-state index contributed by atoms with van der Waals surface area (Å²) in [5, 5.41) is 1.01. The second-order valence-electron chi connectivity index (χ2n) is 3.93. The van der Waals surface area contributed by atoms with E-state index in [2.05, 4.69) is 10.9 Å². The van der Waals surface area contributed by atoms with Crippen LogP contribution in [-0.2, 0) is 11.8 Å². The van der Waals surface area contributed by atoms with Crippen molar-refractivity contribution in [3.8, 4) is 0 Å². The zero-order valence-electron chi connectivity index (χ0n) is 9.90. The van der Waals surface area contributed by atoms with Crippen molar-refractivity contribution in [1.29, 1.82) is 0 Å². The third-order valence-corrected chi connectivity index (χ3v) is 2.79. The monoisotopic (exact) mass is 232 g/mol. The molecule has 1 amide bonds. The van der Waals surface area contributed by atoms with E-state index in [1.165, 1.54) is 0 Å². The lowest BCUT2D eigenvalue weighted by Gasteiger charge is -2.10. The molecule has 0 spiro atoms. The predicted octanol–water partition coefficient (Wildman–Crippen LogP) is 0.429. The maximum Gasteiger partial charge on any atom is 0.255 e. The van der Waals surface area contributed by atoms with Crippen LogP contribution in [0, 0.1) is 0 Å². The van der Waals surface area contributed by atoms with Gasteiger partial charge in [-0.15, -0.1) is 0 Å². The number of nitrogens with two attached hydrogens (primary N) is 1. The number of hydrogen-bond donors (Lipinski definition) is 3. The number of rotatable bonds is 3. The number of carbonyl (C=O) groups excluding carboxylic acids is 1. The molecule has 90 valence electrons. The van der Waals surface area contributed by atoms with Crippen LogP contribution >= 0.6 is 0 Å². The molecule has 1 aromatic carbocycles. The van der Waals surface area contributed by atoms with E-state index in [0.717, 1.165) is 16.5 Å². The van der Waals surface area contributed by atoms with Crippen LogP contribution in [0.25, 0.3) is 10.9 Å². The second-order valence-corrected chi connectivity index (χ2v) is 3.93. The Bertz CT molecular complexity index is 546. The fourth-order valence-electron chi connectivity index (χ4n) is 1.96. The highest BCUT2D eigenvalue weighted by molar-refractivity contribution is 5.91. The highest BCUT2D eigenvalue weighted by Gasteiger charge is 2.19. The van der Waals surface area contributed by atoms with Crippen molar-refractivity contribution < 1.29 is 4.79 Å². The summed E-state index contributed by atoms with van der Waals surface area (Å²) < 4.78 is 1.97. The summed E-state index contributed by atoms with van der Waals surface area (Å²) in [5.41, 5.74) is 12.9. The smallest absolute Gasteiger partial charge is 0.255 e. The van der Waals surface area contributed by atoms with Gasteiger partial charge in [-0.05, 0) is 6.07 Å². The van der Waals surface area contributed by atoms with Crippen LogP contribution in [-0.4, -0.2) is 17.5 Å². The normalized spacial score (nSPS) is 12.6. The van der Waals surface area contributed by atoms with Crippen LogP contribution in [0.5, 0.6) is 0 Å². The van der Waals surface area contributed by atoms with Gasteiger partial charge in [-0.1, -0.05) is 18.2 Å². The molecule has 1 aromatic heterocycles. The van der Waals surface area contributed by atoms with E-state index in [1.54, 1.807) is 7.05 Å².